The van der Waals surface area contributed by atoms with Gasteiger partial charge in [-0.2, -0.15) is 5.26 Å². The van der Waals surface area contributed by atoms with E-state index in [1.807, 2.05) is 12.1 Å². The number of nitrogens with zero attached hydrogens (tertiary/aromatic N) is 2. The molecule has 0 aliphatic heterocycles. The number of hydrogen-bond acceptors (Lipinski definition) is 3. The summed E-state index contributed by atoms with van der Waals surface area (Å²) in [5, 5.41) is 8.87. The Labute approximate surface area is 118 Å². The highest BCUT2D eigenvalue weighted by Crippen LogP contribution is 2.12. The molecule has 4 heteroatoms. The van der Waals surface area contributed by atoms with Crippen LogP contribution >= 0.6 is 0 Å². The third-order valence-corrected chi connectivity index (χ3v) is 2.96. The number of rotatable bonds is 3. The second-order valence-corrected chi connectivity index (χ2v) is 4.60. The van der Waals surface area contributed by atoms with Gasteiger partial charge in [0.1, 0.15) is 0 Å². The Balaban J connectivity index is 2.13. The van der Waals surface area contributed by atoms with Crippen LogP contribution in [-0.2, 0) is 6.54 Å². The monoisotopic (exact) mass is 265 g/mol. The van der Waals surface area contributed by atoms with Gasteiger partial charge in [0, 0.05) is 24.8 Å². The molecule has 2 rings (SSSR count). The molecule has 100 valence electrons. The molecule has 0 radical (unpaired) electrons. The number of benzene rings is 2. The lowest BCUT2D eigenvalue weighted by atomic mass is 10.1. The molecule has 4 nitrogen and oxygen atoms in total. The first-order valence-electron chi connectivity index (χ1n) is 6.20. The molecule has 0 bridgehead atoms. The van der Waals surface area contributed by atoms with Gasteiger partial charge in [0.2, 0.25) is 0 Å². The van der Waals surface area contributed by atoms with E-state index >= 15 is 0 Å². The van der Waals surface area contributed by atoms with E-state index < -0.39 is 0 Å². The minimum absolute atomic E-state index is 0.0975. The summed E-state index contributed by atoms with van der Waals surface area (Å²) in [6, 6.07) is 16.2. The van der Waals surface area contributed by atoms with Gasteiger partial charge in [-0.25, -0.2) is 0 Å². The molecule has 0 atom stereocenters. The first-order valence-corrected chi connectivity index (χ1v) is 6.20. The molecule has 0 spiro atoms. The van der Waals surface area contributed by atoms with E-state index in [1.165, 1.54) is 0 Å². The van der Waals surface area contributed by atoms with Gasteiger partial charge < -0.3 is 10.6 Å². The molecule has 0 saturated carbocycles. The van der Waals surface area contributed by atoms with E-state index in [-0.39, 0.29) is 5.91 Å². The molecule has 2 N–H and O–H groups in total. The zero-order valence-corrected chi connectivity index (χ0v) is 11.2. The number of hydrogen-bond donors (Lipinski definition) is 1. The lowest BCUT2D eigenvalue weighted by Gasteiger charge is -2.17. The Hall–Kier alpha value is -2.80. The van der Waals surface area contributed by atoms with E-state index in [0.717, 1.165) is 5.56 Å². The van der Waals surface area contributed by atoms with Crippen molar-refractivity contribution in [3.8, 4) is 6.07 Å². The number of anilines is 1. The highest BCUT2D eigenvalue weighted by Gasteiger charge is 2.12. The van der Waals surface area contributed by atoms with Gasteiger partial charge in [0.25, 0.3) is 5.91 Å². The predicted octanol–water partition coefficient (Wildman–Crippen LogP) is 2.41. The predicted molar refractivity (Wildman–Crippen MR) is 77.8 cm³/mol. The first kappa shape index (κ1) is 13.6. The van der Waals surface area contributed by atoms with Crippen LogP contribution in [0.4, 0.5) is 5.69 Å². The minimum Gasteiger partial charge on any atom is -0.399 e. The van der Waals surface area contributed by atoms with E-state index in [1.54, 1.807) is 48.3 Å². The van der Waals surface area contributed by atoms with E-state index in [9.17, 15) is 4.79 Å². The highest BCUT2D eigenvalue weighted by molar-refractivity contribution is 5.94. The molecule has 0 unspecified atom stereocenters. The van der Waals surface area contributed by atoms with Crippen LogP contribution in [0.5, 0.6) is 0 Å². The molecule has 0 saturated heterocycles. The molecule has 2 aromatic carbocycles. The third kappa shape index (κ3) is 3.15. The molecule has 0 aliphatic carbocycles. The normalized spacial score (nSPS) is 9.80. The number of carbonyl (C=O) groups excluding carboxylic acids is 1. The second-order valence-electron chi connectivity index (χ2n) is 4.60. The Kier molecular flexibility index (Phi) is 4.02. The number of nitrogen functional groups attached to an aromatic ring is 1. The van der Waals surface area contributed by atoms with Gasteiger partial charge in [0.05, 0.1) is 11.6 Å². The van der Waals surface area contributed by atoms with Gasteiger partial charge in [-0.1, -0.05) is 18.2 Å². The summed E-state index contributed by atoms with van der Waals surface area (Å²) >= 11 is 0. The number of nitrogens with two attached hydrogens (primary N) is 1. The lowest BCUT2D eigenvalue weighted by molar-refractivity contribution is 0.0785. The number of amides is 1. The smallest absolute Gasteiger partial charge is 0.253 e. The van der Waals surface area contributed by atoms with E-state index in [0.29, 0.717) is 23.4 Å². The summed E-state index contributed by atoms with van der Waals surface area (Å²) in [5.41, 5.74) is 8.32. The van der Waals surface area contributed by atoms with Crippen LogP contribution in [0.3, 0.4) is 0 Å². The van der Waals surface area contributed by atoms with Crippen molar-refractivity contribution in [1.82, 2.24) is 4.90 Å². The van der Waals surface area contributed by atoms with Crippen molar-refractivity contribution >= 4 is 11.6 Å². The fourth-order valence-corrected chi connectivity index (χ4v) is 1.98. The van der Waals surface area contributed by atoms with Crippen molar-refractivity contribution in [2.45, 2.75) is 6.54 Å². The Morgan fingerprint density at radius 1 is 1.25 bits per heavy atom. The minimum atomic E-state index is -0.0975. The second kappa shape index (κ2) is 5.89. The average Bonchev–Trinajstić information content (AvgIpc) is 2.46. The Morgan fingerprint density at radius 2 is 2.00 bits per heavy atom. The summed E-state index contributed by atoms with van der Waals surface area (Å²) < 4.78 is 0. The summed E-state index contributed by atoms with van der Waals surface area (Å²) in [7, 11) is 1.73. The van der Waals surface area contributed by atoms with Crippen molar-refractivity contribution in [3.05, 3.63) is 65.2 Å². The Morgan fingerprint density at radius 3 is 2.70 bits per heavy atom. The summed E-state index contributed by atoms with van der Waals surface area (Å²) in [6.45, 7) is 0.448. The molecular formula is C16H15N3O. The van der Waals surface area contributed by atoms with Crippen LogP contribution < -0.4 is 5.73 Å². The zero-order valence-electron chi connectivity index (χ0n) is 11.2. The fourth-order valence-electron chi connectivity index (χ4n) is 1.98. The summed E-state index contributed by atoms with van der Waals surface area (Å²) in [4.78, 5) is 13.9. The van der Waals surface area contributed by atoms with Gasteiger partial charge >= 0.3 is 0 Å². The maximum absolute atomic E-state index is 12.3. The van der Waals surface area contributed by atoms with Crippen molar-refractivity contribution in [3.63, 3.8) is 0 Å². The summed E-state index contributed by atoms with van der Waals surface area (Å²) in [6.07, 6.45) is 0. The van der Waals surface area contributed by atoms with Gasteiger partial charge in [-0.15, -0.1) is 0 Å². The number of nitriles is 1. The van der Waals surface area contributed by atoms with Crippen molar-refractivity contribution < 1.29 is 4.79 Å². The van der Waals surface area contributed by atoms with Crippen LogP contribution in [-0.4, -0.2) is 17.9 Å². The van der Waals surface area contributed by atoms with Gasteiger partial charge in [0.15, 0.2) is 0 Å². The fraction of sp³-hybridized carbons (Fsp3) is 0.125. The maximum atomic E-state index is 12.3. The molecule has 20 heavy (non-hydrogen) atoms. The zero-order chi connectivity index (χ0) is 14.5. The molecule has 2 aromatic rings. The quantitative estimate of drug-likeness (QED) is 0.866. The molecular weight excluding hydrogens is 250 g/mol. The first-order chi connectivity index (χ1) is 9.60. The SMILES string of the molecule is CN(Cc1cccc(C#N)c1)C(=O)c1cccc(N)c1. The van der Waals surface area contributed by atoms with Gasteiger partial charge in [-0.05, 0) is 35.9 Å². The third-order valence-electron chi connectivity index (χ3n) is 2.96. The van der Waals surface area contributed by atoms with Gasteiger partial charge in [-0.3, -0.25) is 4.79 Å². The molecule has 1 amide bonds. The van der Waals surface area contributed by atoms with E-state index in [4.69, 9.17) is 11.0 Å². The largest absolute Gasteiger partial charge is 0.399 e. The topological polar surface area (TPSA) is 70.1 Å². The molecule has 0 fully saturated rings. The van der Waals surface area contributed by atoms with Crippen molar-refractivity contribution in [2.75, 3.05) is 12.8 Å². The highest BCUT2D eigenvalue weighted by atomic mass is 16.2. The van der Waals surface area contributed by atoms with E-state index in [2.05, 4.69) is 6.07 Å². The lowest BCUT2D eigenvalue weighted by Crippen LogP contribution is -2.26. The molecule has 0 aliphatic rings. The average molecular weight is 265 g/mol. The van der Waals surface area contributed by atoms with Crippen LogP contribution in [0.15, 0.2) is 48.5 Å². The Bertz CT molecular complexity index is 673. The van der Waals surface area contributed by atoms with Crippen molar-refractivity contribution in [1.29, 1.82) is 5.26 Å². The molecule has 0 aromatic heterocycles. The molecule has 0 heterocycles. The van der Waals surface area contributed by atoms with Crippen LogP contribution in [0.2, 0.25) is 0 Å². The van der Waals surface area contributed by atoms with Crippen molar-refractivity contribution in [2.24, 2.45) is 0 Å². The van der Waals surface area contributed by atoms with Crippen LogP contribution in [0.25, 0.3) is 0 Å². The maximum Gasteiger partial charge on any atom is 0.253 e. The van der Waals surface area contributed by atoms with Crippen LogP contribution in [0, 0.1) is 11.3 Å². The number of carbonyl (C=O) groups is 1. The standard InChI is InChI=1S/C16H15N3O/c1-19(11-13-5-2-4-12(8-13)10-17)16(20)14-6-3-7-15(18)9-14/h2-9H,11,18H2,1H3. The van der Waals surface area contributed by atoms with Crippen LogP contribution in [0.1, 0.15) is 21.5 Å². The summed E-state index contributed by atoms with van der Waals surface area (Å²) in [5.74, 6) is -0.0975.